The van der Waals surface area contributed by atoms with Gasteiger partial charge in [-0.15, -0.1) is 0 Å². The van der Waals surface area contributed by atoms with Crippen molar-refractivity contribution in [3.05, 3.63) is 27.7 Å². The fourth-order valence-electron chi connectivity index (χ4n) is 2.43. The normalized spacial score (nSPS) is 18.0. The van der Waals surface area contributed by atoms with Crippen LogP contribution in [0.2, 0.25) is 0 Å². The van der Waals surface area contributed by atoms with E-state index in [1.54, 1.807) is 17.0 Å². The molecule has 1 aromatic rings. The van der Waals surface area contributed by atoms with E-state index in [0.717, 1.165) is 16.6 Å². The lowest BCUT2D eigenvalue weighted by Gasteiger charge is -2.33. The molecule has 1 aliphatic heterocycles. The number of piperazine rings is 1. The van der Waals surface area contributed by atoms with Crippen molar-refractivity contribution in [1.82, 2.24) is 15.1 Å². The Morgan fingerprint density at radius 3 is 2.38 bits per heavy atom. The average molecular weight is 443 g/mol. The van der Waals surface area contributed by atoms with Crippen LogP contribution in [0, 0.1) is 3.77 Å². The third-order valence-corrected chi connectivity index (χ3v) is 4.55. The van der Waals surface area contributed by atoms with Crippen LogP contribution in [0.5, 0.6) is 0 Å². The highest BCUT2D eigenvalue weighted by molar-refractivity contribution is 14.1. The van der Waals surface area contributed by atoms with Crippen LogP contribution in [0.3, 0.4) is 0 Å². The monoisotopic (exact) mass is 443 g/mol. The Balaban J connectivity index is 1.47. The zero-order valence-corrected chi connectivity index (χ0v) is 15.2. The van der Waals surface area contributed by atoms with Gasteiger partial charge in [-0.3, -0.25) is 14.4 Å². The minimum Gasteiger partial charge on any atom is -0.451 e. The van der Waals surface area contributed by atoms with Crippen LogP contribution in [-0.4, -0.2) is 59.7 Å². The summed E-state index contributed by atoms with van der Waals surface area (Å²) in [6.45, 7) is 1.58. The van der Waals surface area contributed by atoms with E-state index in [2.05, 4.69) is 27.9 Å². The van der Waals surface area contributed by atoms with Crippen LogP contribution in [0.4, 0.5) is 0 Å². The summed E-state index contributed by atoms with van der Waals surface area (Å²) < 4.78 is 6.13. The molecule has 1 saturated heterocycles. The van der Waals surface area contributed by atoms with Gasteiger partial charge in [0.05, 0.1) is 0 Å². The van der Waals surface area contributed by atoms with Crippen LogP contribution >= 0.6 is 22.6 Å². The maximum atomic E-state index is 12.2. The maximum Gasteiger partial charge on any atom is 0.312 e. The third kappa shape index (κ3) is 4.37. The number of nitrogens with one attached hydrogen (secondary N) is 1. The molecule has 3 amide bonds. The molecule has 7 nitrogen and oxygen atoms in total. The number of amides is 3. The van der Waals surface area contributed by atoms with Crippen molar-refractivity contribution in [2.75, 3.05) is 26.2 Å². The van der Waals surface area contributed by atoms with Crippen molar-refractivity contribution in [2.24, 2.45) is 0 Å². The molecule has 0 unspecified atom stereocenters. The molecule has 0 atom stereocenters. The Bertz CT molecular complexity index is 673. The quantitative estimate of drug-likeness (QED) is 0.427. The van der Waals surface area contributed by atoms with E-state index >= 15 is 0 Å². The van der Waals surface area contributed by atoms with Crippen molar-refractivity contribution in [1.29, 1.82) is 0 Å². The van der Waals surface area contributed by atoms with Gasteiger partial charge in [-0.1, -0.05) is 0 Å². The Morgan fingerprint density at radius 2 is 1.79 bits per heavy atom. The lowest BCUT2D eigenvalue weighted by molar-refractivity contribution is -0.148. The van der Waals surface area contributed by atoms with Crippen molar-refractivity contribution in [3.8, 4) is 0 Å². The second kappa shape index (κ2) is 7.37. The first-order chi connectivity index (χ1) is 11.5. The largest absolute Gasteiger partial charge is 0.451 e. The molecule has 1 aliphatic carbocycles. The van der Waals surface area contributed by atoms with Gasteiger partial charge in [-0.2, -0.15) is 0 Å². The first-order valence-corrected chi connectivity index (χ1v) is 8.93. The lowest BCUT2D eigenvalue weighted by atomic mass is 10.2. The smallest absolute Gasteiger partial charge is 0.312 e. The second-order valence-electron chi connectivity index (χ2n) is 5.84. The number of furan rings is 1. The summed E-state index contributed by atoms with van der Waals surface area (Å²) in [6.07, 6.45) is 4.99. The fraction of sp³-hybridized carbons (Fsp3) is 0.438. The fourth-order valence-corrected chi connectivity index (χ4v) is 2.86. The summed E-state index contributed by atoms with van der Waals surface area (Å²) in [5.41, 5.74) is 0. The SMILES string of the molecule is O=C(NC1CC1)C(=O)N1CCN(C(=O)/C=C/c2ccc(I)o2)CC1. The molecule has 0 radical (unpaired) electrons. The van der Waals surface area contributed by atoms with Crippen molar-refractivity contribution in [3.63, 3.8) is 0 Å². The second-order valence-corrected chi connectivity index (χ2v) is 6.90. The number of carbonyl (C=O) groups excluding carboxylic acids is 3. The average Bonchev–Trinajstić information content (AvgIpc) is 3.31. The molecule has 1 N–H and O–H groups in total. The summed E-state index contributed by atoms with van der Waals surface area (Å²) in [7, 11) is 0. The summed E-state index contributed by atoms with van der Waals surface area (Å²) >= 11 is 2.06. The molecule has 0 bridgehead atoms. The molecule has 8 heteroatoms. The molecule has 1 saturated carbocycles. The molecule has 24 heavy (non-hydrogen) atoms. The first kappa shape index (κ1) is 17.0. The van der Waals surface area contributed by atoms with E-state index < -0.39 is 11.8 Å². The standard InChI is InChI=1S/C16H18IN3O4/c17-13-5-3-12(24-13)4-6-14(21)19-7-9-20(10-8-19)16(23)15(22)18-11-1-2-11/h3-6,11H,1-2,7-10H2,(H,18,22)/b6-4+. The Morgan fingerprint density at radius 1 is 1.12 bits per heavy atom. The van der Waals surface area contributed by atoms with Crippen LogP contribution in [0.25, 0.3) is 6.08 Å². The minimum absolute atomic E-state index is 0.129. The molecule has 3 rings (SSSR count). The number of halogens is 1. The summed E-state index contributed by atoms with van der Waals surface area (Å²) in [4.78, 5) is 39.1. The van der Waals surface area contributed by atoms with Crippen LogP contribution < -0.4 is 5.32 Å². The molecule has 0 aromatic carbocycles. The van der Waals surface area contributed by atoms with Gasteiger partial charge in [-0.25, -0.2) is 0 Å². The van der Waals surface area contributed by atoms with Gasteiger partial charge in [0.2, 0.25) is 5.91 Å². The number of hydrogen-bond donors (Lipinski definition) is 1. The van der Waals surface area contributed by atoms with Crippen molar-refractivity contribution >= 4 is 46.4 Å². The number of nitrogens with zero attached hydrogens (tertiary/aromatic N) is 2. The number of carbonyl (C=O) groups is 3. The summed E-state index contributed by atoms with van der Waals surface area (Å²) in [5.74, 6) is -0.548. The number of hydrogen-bond acceptors (Lipinski definition) is 4. The van der Waals surface area contributed by atoms with Gasteiger partial charge < -0.3 is 19.5 Å². The summed E-state index contributed by atoms with van der Waals surface area (Å²) in [5, 5.41) is 2.69. The van der Waals surface area contributed by atoms with Crippen LogP contribution in [0.1, 0.15) is 18.6 Å². The van der Waals surface area contributed by atoms with Gasteiger partial charge in [0, 0.05) is 38.3 Å². The van der Waals surface area contributed by atoms with Gasteiger partial charge in [0.25, 0.3) is 0 Å². The predicted octanol–water partition coefficient (Wildman–Crippen LogP) is 0.847. The molecule has 1 aromatic heterocycles. The van der Waals surface area contributed by atoms with Gasteiger partial charge in [0.15, 0.2) is 3.77 Å². The Labute approximate surface area is 153 Å². The first-order valence-electron chi connectivity index (χ1n) is 7.85. The Hall–Kier alpha value is -1.84. The molecular weight excluding hydrogens is 425 g/mol. The van der Waals surface area contributed by atoms with Crippen molar-refractivity contribution in [2.45, 2.75) is 18.9 Å². The van der Waals surface area contributed by atoms with Gasteiger partial charge in [-0.05, 0) is 53.6 Å². The Kier molecular flexibility index (Phi) is 5.22. The van der Waals surface area contributed by atoms with E-state index in [4.69, 9.17) is 4.42 Å². The predicted molar refractivity (Wildman–Crippen MR) is 94.8 cm³/mol. The molecule has 2 fully saturated rings. The highest BCUT2D eigenvalue weighted by Crippen LogP contribution is 2.18. The van der Waals surface area contributed by atoms with E-state index in [0.29, 0.717) is 31.9 Å². The zero-order chi connectivity index (χ0) is 17.1. The zero-order valence-electron chi connectivity index (χ0n) is 13.0. The van der Waals surface area contributed by atoms with E-state index in [1.807, 2.05) is 6.07 Å². The molecule has 2 heterocycles. The lowest BCUT2D eigenvalue weighted by Crippen LogP contribution is -2.53. The van der Waals surface area contributed by atoms with Crippen molar-refractivity contribution < 1.29 is 18.8 Å². The molecule has 0 spiro atoms. The molecule has 128 valence electrons. The van der Waals surface area contributed by atoms with Gasteiger partial charge in [0.1, 0.15) is 5.76 Å². The third-order valence-electron chi connectivity index (χ3n) is 3.97. The van der Waals surface area contributed by atoms with E-state index in [9.17, 15) is 14.4 Å². The maximum absolute atomic E-state index is 12.2. The summed E-state index contributed by atoms with van der Waals surface area (Å²) in [6, 6.07) is 3.78. The van der Waals surface area contributed by atoms with E-state index in [-0.39, 0.29) is 11.9 Å². The molecule has 2 aliphatic rings. The highest BCUT2D eigenvalue weighted by Gasteiger charge is 2.31. The van der Waals surface area contributed by atoms with Gasteiger partial charge >= 0.3 is 11.8 Å². The molecular formula is C16H18IN3O4. The minimum atomic E-state index is -0.537. The number of rotatable bonds is 3. The topological polar surface area (TPSA) is 82.9 Å². The highest BCUT2D eigenvalue weighted by atomic mass is 127. The van der Waals surface area contributed by atoms with E-state index in [1.165, 1.54) is 11.0 Å². The van der Waals surface area contributed by atoms with Crippen LogP contribution in [-0.2, 0) is 14.4 Å². The van der Waals surface area contributed by atoms with Crippen LogP contribution in [0.15, 0.2) is 22.6 Å².